The van der Waals surface area contributed by atoms with Gasteiger partial charge in [-0.05, 0) is 37.8 Å². The van der Waals surface area contributed by atoms with Crippen LogP contribution >= 0.6 is 44.7 Å². The Morgan fingerprint density at radius 3 is 2.22 bits per heavy atom. The molecule has 128 valence electrons. The van der Waals surface area contributed by atoms with E-state index in [-0.39, 0.29) is 22.5 Å². The summed E-state index contributed by atoms with van der Waals surface area (Å²) < 4.78 is 27.7. The van der Waals surface area contributed by atoms with Crippen LogP contribution in [0.3, 0.4) is 0 Å². The number of benzene rings is 1. The second-order valence-electron chi connectivity index (χ2n) is 5.16. The van der Waals surface area contributed by atoms with Crippen LogP contribution in [-0.2, 0) is 6.42 Å². The van der Waals surface area contributed by atoms with E-state index in [0.717, 1.165) is 43.6 Å². The van der Waals surface area contributed by atoms with E-state index in [9.17, 15) is 8.78 Å². The Morgan fingerprint density at radius 2 is 1.65 bits per heavy atom. The average molecular weight is 471 g/mol. The minimum Gasteiger partial charge on any atom is -0.377 e. The molecule has 0 aliphatic carbocycles. The maximum absolute atomic E-state index is 13.7. The summed E-state index contributed by atoms with van der Waals surface area (Å²) in [6.07, 6.45) is 5.10. The van der Waals surface area contributed by atoms with Gasteiger partial charge in [-0.2, -0.15) is 5.10 Å². The van der Waals surface area contributed by atoms with Gasteiger partial charge in [0.05, 0.1) is 5.71 Å². The summed E-state index contributed by atoms with van der Waals surface area (Å²) in [5.41, 5.74) is 6.76. The molecule has 0 fully saturated rings. The van der Waals surface area contributed by atoms with Crippen LogP contribution in [0.5, 0.6) is 0 Å². The van der Waals surface area contributed by atoms with Gasteiger partial charge in [-0.1, -0.05) is 40.5 Å². The average Bonchev–Trinajstić information content (AvgIpc) is 2.46. The summed E-state index contributed by atoms with van der Waals surface area (Å²) in [6.45, 7) is 0. The number of hydrogen-bond acceptors (Lipinski definition) is 4. The zero-order valence-corrected chi connectivity index (χ0v) is 16.6. The summed E-state index contributed by atoms with van der Waals surface area (Å²) >= 11 is 4.59. The molecule has 0 saturated carbocycles. The highest BCUT2D eigenvalue weighted by molar-refractivity contribution is 9.10. The van der Waals surface area contributed by atoms with E-state index in [2.05, 4.69) is 26.1 Å². The van der Waals surface area contributed by atoms with Gasteiger partial charge >= 0.3 is 0 Å². The number of halogens is 4. The molecule has 0 radical (unpaired) electrons. The molecule has 0 amide bonds. The quantitative estimate of drug-likeness (QED) is 0.555. The van der Waals surface area contributed by atoms with E-state index >= 15 is 0 Å². The smallest absolute Gasteiger partial charge is 0.180 e. The summed E-state index contributed by atoms with van der Waals surface area (Å²) in [6, 6.07) is 2.62. The van der Waals surface area contributed by atoms with E-state index in [1.54, 1.807) is 0 Å². The number of nitrogens with two attached hydrogens (primary N) is 1. The Balaban J connectivity index is 0.00000264. The lowest BCUT2D eigenvalue weighted by atomic mass is 10.0. The van der Waals surface area contributed by atoms with Gasteiger partial charge in [0.25, 0.3) is 0 Å². The lowest BCUT2D eigenvalue weighted by Crippen LogP contribution is -2.15. The highest BCUT2D eigenvalue weighted by Gasteiger charge is 2.10. The minimum atomic E-state index is -0.476. The van der Waals surface area contributed by atoms with Crippen molar-refractivity contribution in [3.63, 3.8) is 0 Å². The minimum absolute atomic E-state index is 0. The van der Waals surface area contributed by atoms with Gasteiger partial charge in [0.1, 0.15) is 11.6 Å². The van der Waals surface area contributed by atoms with Crippen LogP contribution in [-0.4, -0.2) is 16.6 Å². The molecule has 23 heavy (non-hydrogen) atoms. The molecule has 1 aromatic carbocycles. The summed E-state index contributed by atoms with van der Waals surface area (Å²) in [7, 11) is 0. The van der Waals surface area contributed by atoms with E-state index in [1.807, 2.05) is 0 Å². The molecule has 0 saturated heterocycles. The fourth-order valence-electron chi connectivity index (χ4n) is 2.25. The lowest BCUT2D eigenvalue weighted by molar-refractivity contribution is 0.541. The van der Waals surface area contributed by atoms with Crippen molar-refractivity contribution in [3.05, 3.63) is 33.8 Å². The molecule has 0 atom stereocenters. The molecule has 1 heterocycles. The second-order valence-corrected chi connectivity index (χ2v) is 7.07. The topological polar surface area (TPSA) is 50.7 Å². The number of rotatable bonds is 7. The summed E-state index contributed by atoms with van der Waals surface area (Å²) in [5.74, 6) is -0.142. The third-order valence-corrected chi connectivity index (χ3v) is 4.74. The third kappa shape index (κ3) is 6.89. The standard InChI is InChI=1S/C15H18BrF2N3S.BrH/c16-10-7-13(17)12(14(18)8-10)6-4-2-1-3-5-11-9-22-15(19)21-20-11;/h7-8H,1-6,9H2,(H2,19,21);1H. The molecule has 0 bridgehead atoms. The summed E-state index contributed by atoms with van der Waals surface area (Å²) in [4.78, 5) is 0. The normalized spacial score (nSPS) is 14.0. The fourth-order valence-corrected chi connectivity index (χ4v) is 3.27. The number of nitrogens with zero attached hydrogens (tertiary/aromatic N) is 2. The Kier molecular flexibility index (Phi) is 9.31. The number of amidine groups is 1. The molecule has 0 aromatic heterocycles. The first-order valence-electron chi connectivity index (χ1n) is 7.21. The van der Waals surface area contributed by atoms with E-state index in [0.29, 0.717) is 16.1 Å². The van der Waals surface area contributed by atoms with Crippen LogP contribution in [0.4, 0.5) is 8.78 Å². The van der Waals surface area contributed by atoms with Crippen molar-refractivity contribution in [1.82, 2.24) is 0 Å². The molecule has 1 aliphatic heterocycles. The van der Waals surface area contributed by atoms with Crippen molar-refractivity contribution < 1.29 is 8.78 Å². The predicted molar refractivity (Wildman–Crippen MR) is 103 cm³/mol. The second kappa shape index (κ2) is 10.4. The molecule has 0 spiro atoms. The predicted octanol–water partition coefficient (Wildman–Crippen LogP) is 5.22. The third-order valence-electron chi connectivity index (χ3n) is 3.42. The first kappa shape index (κ1) is 20.6. The maximum atomic E-state index is 13.7. The molecule has 2 N–H and O–H groups in total. The van der Waals surface area contributed by atoms with Crippen LogP contribution in [0, 0.1) is 11.6 Å². The SMILES string of the molecule is Br.NC1=NN=C(CCCCCCc2c(F)cc(Br)cc2F)CS1. The van der Waals surface area contributed by atoms with E-state index in [4.69, 9.17) is 5.73 Å². The van der Waals surface area contributed by atoms with E-state index < -0.39 is 11.6 Å². The molecule has 2 rings (SSSR count). The van der Waals surface area contributed by atoms with Crippen LogP contribution in [0.25, 0.3) is 0 Å². The Bertz CT molecular complexity index is 571. The van der Waals surface area contributed by atoms with Gasteiger partial charge in [0.2, 0.25) is 0 Å². The Hall–Kier alpha value is -0.470. The van der Waals surface area contributed by atoms with Crippen molar-refractivity contribution in [2.24, 2.45) is 15.9 Å². The Morgan fingerprint density at radius 1 is 1.04 bits per heavy atom. The van der Waals surface area contributed by atoms with Crippen molar-refractivity contribution in [2.75, 3.05) is 5.75 Å². The van der Waals surface area contributed by atoms with E-state index in [1.165, 1.54) is 23.9 Å². The first-order chi connectivity index (χ1) is 10.6. The van der Waals surface area contributed by atoms with Gasteiger partial charge in [0, 0.05) is 15.8 Å². The fraction of sp³-hybridized carbons (Fsp3) is 0.467. The van der Waals surface area contributed by atoms with Gasteiger partial charge in [-0.15, -0.1) is 22.1 Å². The molecule has 3 nitrogen and oxygen atoms in total. The Labute approximate surface area is 158 Å². The van der Waals surface area contributed by atoms with Crippen molar-refractivity contribution in [1.29, 1.82) is 0 Å². The van der Waals surface area contributed by atoms with Crippen LogP contribution in [0.2, 0.25) is 0 Å². The monoisotopic (exact) mass is 469 g/mol. The molecule has 1 aliphatic rings. The molecular weight excluding hydrogens is 452 g/mol. The molecule has 0 unspecified atom stereocenters. The molecule has 8 heteroatoms. The van der Waals surface area contributed by atoms with Crippen LogP contribution in [0.15, 0.2) is 26.8 Å². The van der Waals surface area contributed by atoms with Gasteiger partial charge in [-0.25, -0.2) is 8.78 Å². The van der Waals surface area contributed by atoms with Crippen LogP contribution in [0.1, 0.15) is 37.7 Å². The number of hydrogen-bond donors (Lipinski definition) is 1. The highest BCUT2D eigenvalue weighted by atomic mass is 79.9. The lowest BCUT2D eigenvalue weighted by Gasteiger charge is -2.09. The zero-order valence-electron chi connectivity index (χ0n) is 12.5. The van der Waals surface area contributed by atoms with Crippen molar-refractivity contribution in [2.45, 2.75) is 38.5 Å². The van der Waals surface area contributed by atoms with Crippen molar-refractivity contribution >= 4 is 55.6 Å². The van der Waals surface area contributed by atoms with Gasteiger partial charge in [-0.3, -0.25) is 0 Å². The number of thioether (sulfide) groups is 1. The summed E-state index contributed by atoms with van der Waals surface area (Å²) in [5, 5.41) is 8.43. The molecule has 1 aromatic rings. The zero-order chi connectivity index (χ0) is 15.9. The van der Waals surface area contributed by atoms with Gasteiger partial charge < -0.3 is 5.73 Å². The van der Waals surface area contributed by atoms with Crippen molar-refractivity contribution in [3.8, 4) is 0 Å². The molecular formula is C15H19Br2F2N3S. The van der Waals surface area contributed by atoms with Gasteiger partial charge in [0.15, 0.2) is 5.17 Å². The first-order valence-corrected chi connectivity index (χ1v) is 8.99. The largest absolute Gasteiger partial charge is 0.377 e. The van der Waals surface area contributed by atoms with Crippen LogP contribution < -0.4 is 5.73 Å². The highest BCUT2D eigenvalue weighted by Crippen LogP contribution is 2.21. The maximum Gasteiger partial charge on any atom is 0.180 e. The number of unbranched alkanes of at least 4 members (excludes halogenated alkanes) is 3.